The van der Waals surface area contributed by atoms with Gasteiger partial charge in [0.15, 0.2) is 0 Å². The van der Waals surface area contributed by atoms with Crippen LogP contribution in [-0.4, -0.2) is 36.6 Å². The Kier molecular flexibility index (Phi) is 4.66. The van der Waals surface area contributed by atoms with Crippen molar-refractivity contribution >= 4 is 0 Å². The highest BCUT2D eigenvalue weighted by molar-refractivity contribution is 4.86. The lowest BCUT2D eigenvalue weighted by Gasteiger charge is -2.39. The van der Waals surface area contributed by atoms with E-state index in [-0.39, 0.29) is 0 Å². The van der Waals surface area contributed by atoms with Crippen molar-refractivity contribution < 1.29 is 0 Å². The number of hydrogen-bond donors (Lipinski definition) is 1. The molecule has 2 nitrogen and oxygen atoms in total. The average molecular weight is 224 g/mol. The van der Waals surface area contributed by atoms with Crippen molar-refractivity contribution in [3.8, 4) is 0 Å². The molecule has 2 unspecified atom stereocenters. The third kappa shape index (κ3) is 3.46. The molecule has 2 atom stereocenters. The van der Waals surface area contributed by atoms with Gasteiger partial charge in [-0.15, -0.1) is 0 Å². The summed E-state index contributed by atoms with van der Waals surface area (Å²) in [6.07, 6.45) is 8.47. The SMILES string of the molecule is CCCC1CN(C(CC)CC2CC2)CCN1. The highest BCUT2D eigenvalue weighted by Gasteiger charge is 2.30. The zero-order valence-electron chi connectivity index (χ0n) is 11.0. The summed E-state index contributed by atoms with van der Waals surface area (Å²) in [6.45, 7) is 8.42. The molecule has 94 valence electrons. The molecule has 0 radical (unpaired) electrons. The van der Waals surface area contributed by atoms with Gasteiger partial charge in [0.25, 0.3) is 0 Å². The quantitative estimate of drug-likeness (QED) is 0.746. The summed E-state index contributed by atoms with van der Waals surface area (Å²) < 4.78 is 0. The van der Waals surface area contributed by atoms with E-state index in [0.29, 0.717) is 0 Å². The Bertz CT molecular complexity index is 199. The van der Waals surface area contributed by atoms with Crippen LogP contribution < -0.4 is 5.32 Å². The van der Waals surface area contributed by atoms with Gasteiger partial charge in [-0.2, -0.15) is 0 Å². The van der Waals surface area contributed by atoms with Crippen LogP contribution in [0.3, 0.4) is 0 Å². The minimum Gasteiger partial charge on any atom is -0.311 e. The van der Waals surface area contributed by atoms with Crippen molar-refractivity contribution in [1.29, 1.82) is 0 Å². The fourth-order valence-electron chi connectivity index (χ4n) is 3.04. The first-order chi connectivity index (χ1) is 7.83. The van der Waals surface area contributed by atoms with E-state index in [1.807, 2.05) is 0 Å². The summed E-state index contributed by atoms with van der Waals surface area (Å²) in [5, 5.41) is 3.66. The topological polar surface area (TPSA) is 15.3 Å². The minimum absolute atomic E-state index is 0.756. The van der Waals surface area contributed by atoms with E-state index in [0.717, 1.165) is 18.0 Å². The van der Waals surface area contributed by atoms with Crippen LogP contribution in [0.5, 0.6) is 0 Å². The lowest BCUT2D eigenvalue weighted by molar-refractivity contribution is 0.126. The maximum atomic E-state index is 3.66. The predicted molar refractivity (Wildman–Crippen MR) is 69.7 cm³/mol. The summed E-state index contributed by atoms with van der Waals surface area (Å²) >= 11 is 0. The highest BCUT2D eigenvalue weighted by atomic mass is 15.2. The van der Waals surface area contributed by atoms with Crippen LogP contribution in [0.1, 0.15) is 52.4 Å². The van der Waals surface area contributed by atoms with Crippen LogP contribution in [0.15, 0.2) is 0 Å². The molecule has 16 heavy (non-hydrogen) atoms. The van der Waals surface area contributed by atoms with Crippen molar-refractivity contribution in [3.05, 3.63) is 0 Å². The maximum absolute atomic E-state index is 3.66. The van der Waals surface area contributed by atoms with Crippen LogP contribution >= 0.6 is 0 Å². The predicted octanol–water partition coefficient (Wildman–Crippen LogP) is 2.64. The molecule has 1 N–H and O–H groups in total. The van der Waals surface area contributed by atoms with E-state index in [1.54, 1.807) is 0 Å². The molecule has 0 aromatic rings. The summed E-state index contributed by atoms with van der Waals surface area (Å²) in [5.74, 6) is 1.07. The van der Waals surface area contributed by atoms with Crippen LogP contribution in [0.4, 0.5) is 0 Å². The molecule has 1 saturated carbocycles. The van der Waals surface area contributed by atoms with Gasteiger partial charge in [-0.25, -0.2) is 0 Å². The second kappa shape index (κ2) is 6.02. The molecule has 1 aliphatic carbocycles. The molecule has 1 heterocycles. The third-order valence-electron chi connectivity index (χ3n) is 4.21. The average Bonchev–Trinajstić information content (AvgIpc) is 3.10. The first-order valence-electron chi connectivity index (χ1n) is 7.30. The zero-order chi connectivity index (χ0) is 11.4. The van der Waals surface area contributed by atoms with Gasteiger partial charge in [-0.05, 0) is 25.2 Å². The van der Waals surface area contributed by atoms with E-state index in [1.165, 1.54) is 58.2 Å². The number of hydrogen-bond acceptors (Lipinski definition) is 2. The molecule has 2 fully saturated rings. The maximum Gasteiger partial charge on any atom is 0.0195 e. The summed E-state index contributed by atoms with van der Waals surface area (Å²) in [7, 11) is 0. The molecule has 2 aliphatic rings. The molecule has 0 bridgehead atoms. The Morgan fingerprint density at radius 2 is 2.12 bits per heavy atom. The molecule has 0 aromatic heterocycles. The monoisotopic (exact) mass is 224 g/mol. The lowest BCUT2D eigenvalue weighted by Crippen LogP contribution is -2.53. The fourth-order valence-corrected chi connectivity index (χ4v) is 3.04. The minimum atomic E-state index is 0.756. The summed E-state index contributed by atoms with van der Waals surface area (Å²) in [5.41, 5.74) is 0. The second-order valence-electron chi connectivity index (χ2n) is 5.68. The van der Waals surface area contributed by atoms with Crippen LogP contribution in [0.2, 0.25) is 0 Å². The Balaban J connectivity index is 1.80. The van der Waals surface area contributed by atoms with Gasteiger partial charge in [-0.3, -0.25) is 4.90 Å². The van der Waals surface area contributed by atoms with E-state index in [4.69, 9.17) is 0 Å². The van der Waals surface area contributed by atoms with Gasteiger partial charge in [0.1, 0.15) is 0 Å². The van der Waals surface area contributed by atoms with E-state index < -0.39 is 0 Å². The van der Waals surface area contributed by atoms with Crippen molar-refractivity contribution in [2.24, 2.45) is 5.92 Å². The van der Waals surface area contributed by atoms with Crippen LogP contribution in [0.25, 0.3) is 0 Å². The Morgan fingerprint density at radius 1 is 1.31 bits per heavy atom. The molecular formula is C14H28N2. The van der Waals surface area contributed by atoms with Gasteiger partial charge in [-0.1, -0.05) is 33.1 Å². The van der Waals surface area contributed by atoms with Gasteiger partial charge in [0.2, 0.25) is 0 Å². The van der Waals surface area contributed by atoms with Crippen LogP contribution in [0, 0.1) is 5.92 Å². The molecule has 1 aliphatic heterocycles. The Labute approximate surface area is 101 Å². The van der Waals surface area contributed by atoms with Gasteiger partial charge < -0.3 is 5.32 Å². The number of piperazine rings is 1. The largest absolute Gasteiger partial charge is 0.311 e. The smallest absolute Gasteiger partial charge is 0.0195 e. The Morgan fingerprint density at radius 3 is 2.75 bits per heavy atom. The second-order valence-corrected chi connectivity index (χ2v) is 5.68. The van der Waals surface area contributed by atoms with Crippen molar-refractivity contribution in [3.63, 3.8) is 0 Å². The molecule has 0 amide bonds. The molecule has 2 heteroatoms. The normalized spacial score (nSPS) is 29.2. The fraction of sp³-hybridized carbons (Fsp3) is 1.00. The van der Waals surface area contributed by atoms with E-state index in [2.05, 4.69) is 24.1 Å². The molecule has 1 saturated heterocycles. The van der Waals surface area contributed by atoms with Crippen LogP contribution in [-0.2, 0) is 0 Å². The highest BCUT2D eigenvalue weighted by Crippen LogP contribution is 2.35. The first-order valence-corrected chi connectivity index (χ1v) is 7.30. The van der Waals surface area contributed by atoms with Crippen molar-refractivity contribution in [2.75, 3.05) is 19.6 Å². The molecule has 0 aromatic carbocycles. The molecule has 2 rings (SSSR count). The van der Waals surface area contributed by atoms with Gasteiger partial charge >= 0.3 is 0 Å². The Hall–Kier alpha value is -0.0800. The number of nitrogens with one attached hydrogen (secondary N) is 1. The number of rotatable bonds is 6. The standard InChI is InChI=1S/C14H28N2/c1-3-5-13-11-16(9-8-15-13)14(4-2)10-12-6-7-12/h12-15H,3-11H2,1-2H3. The first kappa shape index (κ1) is 12.4. The summed E-state index contributed by atoms with van der Waals surface area (Å²) in [4.78, 5) is 2.76. The van der Waals surface area contributed by atoms with Crippen molar-refractivity contribution in [1.82, 2.24) is 10.2 Å². The van der Waals surface area contributed by atoms with E-state index >= 15 is 0 Å². The van der Waals surface area contributed by atoms with E-state index in [9.17, 15) is 0 Å². The molecular weight excluding hydrogens is 196 g/mol. The van der Waals surface area contributed by atoms with Gasteiger partial charge in [0.05, 0.1) is 0 Å². The van der Waals surface area contributed by atoms with Crippen molar-refractivity contribution in [2.45, 2.75) is 64.5 Å². The lowest BCUT2D eigenvalue weighted by atomic mass is 10.0. The third-order valence-corrected chi connectivity index (χ3v) is 4.21. The van der Waals surface area contributed by atoms with Gasteiger partial charge in [0, 0.05) is 31.7 Å². The number of nitrogens with zero attached hydrogens (tertiary/aromatic N) is 1. The molecule has 0 spiro atoms. The summed E-state index contributed by atoms with van der Waals surface area (Å²) in [6, 6.07) is 1.63. The zero-order valence-corrected chi connectivity index (χ0v) is 11.0.